The van der Waals surface area contributed by atoms with Gasteiger partial charge in [0.2, 0.25) is 5.78 Å². The number of nitrogens with one attached hydrogen (secondary N) is 1. The van der Waals surface area contributed by atoms with E-state index >= 15 is 0 Å². The normalized spacial score (nSPS) is 21.2. The highest BCUT2D eigenvalue weighted by Gasteiger charge is 2.34. The third-order valence-electron chi connectivity index (χ3n) is 5.06. The smallest absolute Gasteiger partial charge is 0.287 e. The molecule has 1 amide bonds. The Balaban J connectivity index is 1.87. The first kappa shape index (κ1) is 19.3. The van der Waals surface area contributed by atoms with Gasteiger partial charge in [0.05, 0.1) is 0 Å². The van der Waals surface area contributed by atoms with Crippen LogP contribution >= 0.6 is 0 Å². The van der Waals surface area contributed by atoms with Gasteiger partial charge >= 0.3 is 0 Å². The maximum atomic E-state index is 12.6. The van der Waals surface area contributed by atoms with Crippen molar-refractivity contribution in [2.45, 2.75) is 52.4 Å². The number of allylic oxidation sites excluding steroid dienone is 4. The Morgan fingerprint density at radius 1 is 1.28 bits per heavy atom. The molecular formula is C20H27NO4. The lowest BCUT2D eigenvalue weighted by Gasteiger charge is -2.24. The average molecular weight is 345 g/mol. The molecule has 2 aliphatic rings. The van der Waals surface area contributed by atoms with Crippen molar-refractivity contribution in [3.63, 3.8) is 0 Å². The maximum Gasteiger partial charge on any atom is 0.287 e. The molecule has 1 N–H and O–H groups in total. The minimum absolute atomic E-state index is 0.0383. The van der Waals surface area contributed by atoms with Crippen LogP contribution in [0, 0.1) is 17.8 Å². The van der Waals surface area contributed by atoms with Crippen LogP contribution < -0.4 is 5.32 Å². The zero-order valence-electron chi connectivity index (χ0n) is 15.0. The molecule has 0 bridgehead atoms. The number of rotatable bonds is 9. The lowest BCUT2D eigenvalue weighted by Crippen LogP contribution is -2.43. The minimum atomic E-state index is -0.598. The van der Waals surface area contributed by atoms with Gasteiger partial charge < -0.3 is 5.32 Å². The topological polar surface area (TPSA) is 80.3 Å². The Kier molecular flexibility index (Phi) is 6.85. The largest absolute Gasteiger partial charge is 0.349 e. The van der Waals surface area contributed by atoms with Crippen molar-refractivity contribution in [3.05, 3.63) is 23.8 Å². The molecular weight excluding hydrogens is 318 g/mol. The molecule has 2 unspecified atom stereocenters. The molecule has 1 aliphatic heterocycles. The van der Waals surface area contributed by atoms with E-state index in [1.165, 1.54) is 5.57 Å². The van der Waals surface area contributed by atoms with Gasteiger partial charge in [-0.25, -0.2) is 0 Å². The molecule has 1 fully saturated rings. The number of hydrogen-bond acceptors (Lipinski definition) is 4. The highest BCUT2D eigenvalue weighted by atomic mass is 16.2. The number of amides is 1. The van der Waals surface area contributed by atoms with Crippen LogP contribution in [0.15, 0.2) is 23.8 Å². The van der Waals surface area contributed by atoms with Gasteiger partial charge in [0, 0.05) is 37.6 Å². The third kappa shape index (κ3) is 5.48. The highest BCUT2D eigenvalue weighted by molar-refractivity contribution is 6.37. The predicted molar refractivity (Wildman–Crippen MR) is 94.8 cm³/mol. The molecule has 0 aromatic rings. The Morgan fingerprint density at radius 3 is 2.68 bits per heavy atom. The van der Waals surface area contributed by atoms with E-state index in [0.29, 0.717) is 19.4 Å². The summed E-state index contributed by atoms with van der Waals surface area (Å²) >= 11 is 0. The van der Waals surface area contributed by atoms with E-state index in [-0.39, 0.29) is 36.2 Å². The summed E-state index contributed by atoms with van der Waals surface area (Å²) in [6.45, 7) is 4.28. The first-order valence-electron chi connectivity index (χ1n) is 9.09. The molecule has 25 heavy (non-hydrogen) atoms. The molecule has 0 aromatic heterocycles. The molecule has 2 rings (SSSR count). The van der Waals surface area contributed by atoms with Crippen molar-refractivity contribution in [3.8, 4) is 0 Å². The summed E-state index contributed by atoms with van der Waals surface area (Å²) < 4.78 is 0. The van der Waals surface area contributed by atoms with E-state index in [1.807, 2.05) is 26.0 Å². The van der Waals surface area contributed by atoms with Crippen LogP contribution in [0.3, 0.4) is 0 Å². The monoisotopic (exact) mass is 345 g/mol. The molecule has 0 aromatic carbocycles. The molecule has 5 heteroatoms. The van der Waals surface area contributed by atoms with Gasteiger partial charge in [0.15, 0.2) is 0 Å². The number of piperidine rings is 1. The van der Waals surface area contributed by atoms with E-state index in [1.54, 1.807) is 0 Å². The summed E-state index contributed by atoms with van der Waals surface area (Å²) in [4.78, 5) is 48.3. The van der Waals surface area contributed by atoms with E-state index in [4.69, 9.17) is 0 Å². The van der Waals surface area contributed by atoms with Crippen LogP contribution in [0.1, 0.15) is 52.4 Å². The van der Waals surface area contributed by atoms with Crippen LogP contribution in [0.5, 0.6) is 0 Å². The summed E-state index contributed by atoms with van der Waals surface area (Å²) in [6.07, 6.45) is 9.00. The minimum Gasteiger partial charge on any atom is -0.349 e. The Bertz CT molecular complexity index is 615. The van der Waals surface area contributed by atoms with E-state index in [2.05, 4.69) is 11.4 Å². The molecule has 1 saturated heterocycles. The summed E-state index contributed by atoms with van der Waals surface area (Å²) in [7, 11) is 0. The molecule has 0 saturated carbocycles. The van der Waals surface area contributed by atoms with Crippen LogP contribution in [-0.2, 0) is 19.2 Å². The molecule has 136 valence electrons. The fourth-order valence-electron chi connectivity index (χ4n) is 3.40. The summed E-state index contributed by atoms with van der Waals surface area (Å²) in [5, 5.41) is 2.50. The van der Waals surface area contributed by atoms with Crippen molar-refractivity contribution >= 4 is 23.3 Å². The summed E-state index contributed by atoms with van der Waals surface area (Å²) in [5.41, 5.74) is 1.25. The fraction of sp³-hybridized carbons (Fsp3) is 0.600. The van der Waals surface area contributed by atoms with E-state index in [9.17, 15) is 19.2 Å². The van der Waals surface area contributed by atoms with Gasteiger partial charge in [-0.2, -0.15) is 0 Å². The lowest BCUT2D eigenvalue weighted by atomic mass is 9.80. The van der Waals surface area contributed by atoms with Gasteiger partial charge in [-0.3, -0.25) is 19.2 Å². The van der Waals surface area contributed by atoms with Crippen LogP contribution in [0.25, 0.3) is 0 Å². The van der Waals surface area contributed by atoms with Gasteiger partial charge in [0.1, 0.15) is 11.6 Å². The predicted octanol–water partition coefficient (Wildman–Crippen LogP) is 2.55. The Labute approximate surface area is 148 Å². The Morgan fingerprint density at radius 2 is 2.04 bits per heavy atom. The molecule has 5 nitrogen and oxygen atoms in total. The molecule has 1 aliphatic carbocycles. The number of Topliss-reactive ketones (excluding diaryl/α,β-unsaturated/α-hetero) is 3. The van der Waals surface area contributed by atoms with Crippen molar-refractivity contribution < 1.29 is 19.2 Å². The molecule has 0 radical (unpaired) electrons. The first-order valence-corrected chi connectivity index (χ1v) is 9.09. The van der Waals surface area contributed by atoms with Crippen LogP contribution in [0.2, 0.25) is 0 Å². The lowest BCUT2D eigenvalue weighted by molar-refractivity contribution is -0.143. The van der Waals surface area contributed by atoms with Gasteiger partial charge in [0.25, 0.3) is 5.91 Å². The second-order valence-corrected chi connectivity index (χ2v) is 7.33. The van der Waals surface area contributed by atoms with Gasteiger partial charge in [-0.05, 0) is 25.2 Å². The summed E-state index contributed by atoms with van der Waals surface area (Å²) in [6, 6.07) is 0. The summed E-state index contributed by atoms with van der Waals surface area (Å²) in [5.74, 6) is -1.95. The van der Waals surface area contributed by atoms with E-state index in [0.717, 1.165) is 12.8 Å². The van der Waals surface area contributed by atoms with Crippen molar-refractivity contribution in [1.29, 1.82) is 0 Å². The van der Waals surface area contributed by atoms with Crippen molar-refractivity contribution in [2.24, 2.45) is 17.8 Å². The highest BCUT2D eigenvalue weighted by Crippen LogP contribution is 2.25. The molecule has 1 heterocycles. The fourth-order valence-corrected chi connectivity index (χ4v) is 3.40. The van der Waals surface area contributed by atoms with Crippen LogP contribution in [0.4, 0.5) is 0 Å². The zero-order chi connectivity index (χ0) is 18.4. The first-order chi connectivity index (χ1) is 11.9. The van der Waals surface area contributed by atoms with Crippen molar-refractivity contribution in [1.82, 2.24) is 5.32 Å². The second-order valence-electron chi connectivity index (χ2n) is 7.33. The SMILES string of the molecule is CC(C)C(CC(=O)CCC1=CC=CC1)C(=O)CC1CCNC(=O)C1=O. The Hall–Kier alpha value is -2.04. The standard InChI is InChI=1S/C20H27NO4/c1-13(2)17(12-16(22)8-7-14-5-3-4-6-14)18(23)11-15-9-10-21-20(25)19(15)24/h3-5,13,15,17H,6-12H2,1-2H3,(H,21,25). The van der Waals surface area contributed by atoms with Crippen molar-refractivity contribution in [2.75, 3.05) is 6.54 Å². The van der Waals surface area contributed by atoms with E-state index < -0.39 is 17.6 Å². The quantitative estimate of drug-likeness (QED) is 0.651. The number of hydrogen-bond donors (Lipinski definition) is 1. The third-order valence-corrected chi connectivity index (χ3v) is 5.06. The zero-order valence-corrected chi connectivity index (χ0v) is 15.0. The number of ketones is 3. The molecule has 2 atom stereocenters. The van der Waals surface area contributed by atoms with Gasteiger partial charge in [-0.1, -0.05) is 37.6 Å². The molecule has 0 spiro atoms. The number of carbonyl (C=O) groups is 4. The second kappa shape index (κ2) is 8.88. The van der Waals surface area contributed by atoms with Gasteiger partial charge in [-0.15, -0.1) is 0 Å². The number of carbonyl (C=O) groups excluding carboxylic acids is 4. The van der Waals surface area contributed by atoms with Crippen LogP contribution in [-0.4, -0.2) is 29.8 Å². The maximum absolute atomic E-state index is 12.6. The average Bonchev–Trinajstić information content (AvgIpc) is 3.08.